The van der Waals surface area contributed by atoms with Crippen LogP contribution in [0.5, 0.6) is 11.5 Å². The van der Waals surface area contributed by atoms with Gasteiger partial charge in [0.05, 0.1) is 13.2 Å². The molecule has 166 valence electrons. The molecule has 30 heavy (non-hydrogen) atoms. The van der Waals surface area contributed by atoms with Crippen LogP contribution in [-0.2, 0) is 13.1 Å². The highest BCUT2D eigenvalue weighted by Crippen LogP contribution is 2.30. The number of nitrogens with zero attached hydrogens (tertiary/aromatic N) is 3. The maximum Gasteiger partial charge on any atom is 0.161 e. The topological polar surface area (TPSA) is 37.8 Å². The zero-order valence-electron chi connectivity index (χ0n) is 18.7. The number of halogens is 1. The van der Waals surface area contributed by atoms with Crippen LogP contribution in [0.15, 0.2) is 42.7 Å². The van der Waals surface area contributed by atoms with Crippen molar-refractivity contribution in [2.75, 3.05) is 26.7 Å². The fraction of sp³-hybridized carbons (Fsp3) is 0.542. The average molecular weight is 434 g/mol. The third kappa shape index (κ3) is 6.86. The predicted octanol–water partition coefficient (Wildman–Crippen LogP) is 4.79. The lowest BCUT2D eigenvalue weighted by molar-refractivity contribution is 0.165. The number of likely N-dealkylation sites (tertiary alicyclic amines) is 1. The number of methoxy groups -OCH3 is 1. The van der Waals surface area contributed by atoms with E-state index >= 15 is 0 Å². The first-order valence-corrected chi connectivity index (χ1v) is 10.8. The van der Waals surface area contributed by atoms with Gasteiger partial charge in [0.15, 0.2) is 11.5 Å². The molecule has 0 bridgehead atoms. The average Bonchev–Trinajstić information content (AvgIpc) is 3.15. The van der Waals surface area contributed by atoms with Gasteiger partial charge in [-0.2, -0.15) is 0 Å². The van der Waals surface area contributed by atoms with Crippen LogP contribution in [0, 0.1) is 0 Å². The molecule has 1 aromatic heterocycles. The van der Waals surface area contributed by atoms with Gasteiger partial charge >= 0.3 is 0 Å². The van der Waals surface area contributed by atoms with Gasteiger partial charge in [-0.25, -0.2) is 0 Å². The first kappa shape index (κ1) is 24.4. The quantitative estimate of drug-likeness (QED) is 0.538. The van der Waals surface area contributed by atoms with Crippen molar-refractivity contribution < 1.29 is 9.47 Å². The van der Waals surface area contributed by atoms with E-state index in [1.54, 1.807) is 7.11 Å². The summed E-state index contributed by atoms with van der Waals surface area (Å²) in [5.74, 6) is 1.60. The summed E-state index contributed by atoms with van der Waals surface area (Å²) in [5.41, 5.74) is 2.49. The molecule has 1 atom stereocenters. The number of aromatic nitrogens is 1. The van der Waals surface area contributed by atoms with Gasteiger partial charge in [-0.15, -0.1) is 12.4 Å². The molecule has 2 aromatic rings. The van der Waals surface area contributed by atoms with E-state index in [1.165, 1.54) is 30.5 Å². The minimum absolute atomic E-state index is 0. The van der Waals surface area contributed by atoms with Gasteiger partial charge in [0.2, 0.25) is 0 Å². The van der Waals surface area contributed by atoms with E-state index in [2.05, 4.69) is 39.9 Å². The number of benzene rings is 1. The van der Waals surface area contributed by atoms with Gasteiger partial charge in [-0.05, 0) is 69.1 Å². The van der Waals surface area contributed by atoms with Crippen molar-refractivity contribution in [3.05, 3.63) is 53.9 Å². The predicted molar refractivity (Wildman–Crippen MR) is 125 cm³/mol. The normalized spacial score (nSPS) is 16.7. The second kappa shape index (κ2) is 12.1. The van der Waals surface area contributed by atoms with E-state index in [1.807, 2.05) is 38.4 Å². The van der Waals surface area contributed by atoms with Crippen molar-refractivity contribution in [1.82, 2.24) is 14.8 Å². The lowest BCUT2D eigenvalue weighted by Crippen LogP contribution is -2.39. The molecule has 0 radical (unpaired) electrons. The Labute approximate surface area is 187 Å². The highest BCUT2D eigenvalue weighted by atomic mass is 35.5. The minimum atomic E-state index is 0. The van der Waals surface area contributed by atoms with Gasteiger partial charge in [0.25, 0.3) is 0 Å². The molecule has 2 heterocycles. The number of pyridine rings is 1. The van der Waals surface area contributed by atoms with E-state index in [0.717, 1.165) is 37.7 Å². The maximum absolute atomic E-state index is 5.98. The van der Waals surface area contributed by atoms with Crippen LogP contribution in [0.4, 0.5) is 0 Å². The molecule has 1 aliphatic heterocycles. The van der Waals surface area contributed by atoms with E-state index in [9.17, 15) is 0 Å². The van der Waals surface area contributed by atoms with E-state index in [0.29, 0.717) is 6.04 Å². The van der Waals surface area contributed by atoms with Crippen LogP contribution < -0.4 is 9.47 Å². The van der Waals surface area contributed by atoms with E-state index < -0.39 is 0 Å². The molecule has 0 aliphatic carbocycles. The molecular weight excluding hydrogens is 398 g/mol. The maximum atomic E-state index is 5.98. The second-order valence-electron chi connectivity index (χ2n) is 8.11. The van der Waals surface area contributed by atoms with Crippen molar-refractivity contribution in [3.8, 4) is 11.5 Å². The highest BCUT2D eigenvalue weighted by molar-refractivity contribution is 5.85. The Kier molecular flexibility index (Phi) is 9.89. The lowest BCUT2D eigenvalue weighted by Gasteiger charge is -2.30. The largest absolute Gasteiger partial charge is 0.493 e. The molecule has 0 spiro atoms. The molecule has 1 fully saturated rings. The van der Waals surface area contributed by atoms with Crippen molar-refractivity contribution in [1.29, 1.82) is 0 Å². The summed E-state index contributed by atoms with van der Waals surface area (Å²) in [5, 5.41) is 0. The van der Waals surface area contributed by atoms with Gasteiger partial charge in [-0.3, -0.25) is 14.8 Å². The zero-order valence-corrected chi connectivity index (χ0v) is 19.5. The molecule has 5 nitrogen and oxygen atoms in total. The number of rotatable bonds is 10. The van der Waals surface area contributed by atoms with Gasteiger partial charge in [0.1, 0.15) is 0 Å². The molecule has 3 rings (SSSR count). The Morgan fingerprint density at radius 3 is 2.63 bits per heavy atom. The smallest absolute Gasteiger partial charge is 0.161 e. The molecule has 1 unspecified atom stereocenters. The van der Waals surface area contributed by atoms with Gasteiger partial charge in [-0.1, -0.05) is 19.1 Å². The third-order valence-electron chi connectivity index (χ3n) is 5.50. The summed E-state index contributed by atoms with van der Waals surface area (Å²) in [7, 11) is 1.69. The molecule has 0 N–H and O–H groups in total. The molecule has 0 saturated carbocycles. The third-order valence-corrected chi connectivity index (χ3v) is 5.50. The lowest BCUT2D eigenvalue weighted by atomic mass is 10.1. The fourth-order valence-electron chi connectivity index (χ4n) is 4.17. The molecule has 1 aliphatic rings. The Hall–Kier alpha value is -1.82. The Morgan fingerprint density at radius 1 is 1.17 bits per heavy atom. The van der Waals surface area contributed by atoms with Crippen molar-refractivity contribution in [3.63, 3.8) is 0 Å². The van der Waals surface area contributed by atoms with Crippen molar-refractivity contribution in [2.24, 2.45) is 0 Å². The Morgan fingerprint density at radius 2 is 1.97 bits per heavy atom. The molecular formula is C24H36ClN3O2. The molecule has 0 amide bonds. The monoisotopic (exact) mass is 433 g/mol. The summed E-state index contributed by atoms with van der Waals surface area (Å²) >= 11 is 0. The zero-order chi connectivity index (χ0) is 20.6. The van der Waals surface area contributed by atoms with Crippen LogP contribution in [0.2, 0.25) is 0 Å². The SMILES string of the molecule is CCN1CCCC1CN(Cc1cccnc1)Cc1ccc(OC)c(OC(C)C)c1.Cl. The molecule has 1 saturated heterocycles. The van der Waals surface area contributed by atoms with Crippen molar-refractivity contribution >= 4 is 12.4 Å². The first-order valence-electron chi connectivity index (χ1n) is 10.8. The van der Waals surface area contributed by atoms with Crippen LogP contribution in [0.1, 0.15) is 44.7 Å². The summed E-state index contributed by atoms with van der Waals surface area (Å²) in [4.78, 5) is 9.45. The standard InChI is InChI=1S/C24H35N3O2.ClH/c1-5-27-13-7-9-22(27)18-26(17-21-8-6-12-25-15-21)16-20-10-11-23(28-4)24(14-20)29-19(2)3;/h6,8,10-12,14-15,19,22H,5,7,9,13,16-18H2,1-4H3;1H. The number of ether oxygens (including phenoxy) is 2. The van der Waals surface area contributed by atoms with Crippen LogP contribution in [-0.4, -0.2) is 53.7 Å². The van der Waals surface area contributed by atoms with Gasteiger partial charge < -0.3 is 9.47 Å². The number of hydrogen-bond donors (Lipinski definition) is 0. The summed E-state index contributed by atoms with van der Waals surface area (Å²) < 4.78 is 11.5. The highest BCUT2D eigenvalue weighted by Gasteiger charge is 2.25. The van der Waals surface area contributed by atoms with E-state index in [-0.39, 0.29) is 18.5 Å². The summed E-state index contributed by atoms with van der Waals surface area (Å²) in [6.07, 6.45) is 6.50. The first-order chi connectivity index (χ1) is 14.1. The Bertz CT molecular complexity index is 757. The summed E-state index contributed by atoms with van der Waals surface area (Å²) in [6.45, 7) is 11.5. The van der Waals surface area contributed by atoms with Crippen LogP contribution in [0.3, 0.4) is 0 Å². The van der Waals surface area contributed by atoms with Crippen LogP contribution in [0.25, 0.3) is 0 Å². The number of likely N-dealkylation sites (N-methyl/N-ethyl adjacent to an activating group) is 1. The van der Waals surface area contributed by atoms with Crippen LogP contribution >= 0.6 is 12.4 Å². The molecule has 1 aromatic carbocycles. The second-order valence-corrected chi connectivity index (χ2v) is 8.11. The van der Waals surface area contributed by atoms with Crippen molar-refractivity contribution in [2.45, 2.75) is 58.8 Å². The summed E-state index contributed by atoms with van der Waals surface area (Å²) in [6, 6.07) is 11.1. The van der Waals surface area contributed by atoms with Gasteiger partial charge in [0, 0.05) is 38.1 Å². The number of hydrogen-bond acceptors (Lipinski definition) is 5. The Balaban J connectivity index is 0.00000320. The fourth-order valence-corrected chi connectivity index (χ4v) is 4.17. The van der Waals surface area contributed by atoms with E-state index in [4.69, 9.17) is 9.47 Å². The molecule has 6 heteroatoms. The minimum Gasteiger partial charge on any atom is -0.493 e.